The van der Waals surface area contributed by atoms with Gasteiger partial charge in [0.2, 0.25) is 0 Å². The van der Waals surface area contributed by atoms with E-state index in [0.717, 1.165) is 0 Å². The van der Waals surface area contributed by atoms with Crippen LogP contribution < -0.4 is 14.8 Å². The van der Waals surface area contributed by atoms with Crippen LogP contribution in [0.1, 0.15) is 38.1 Å². The molecule has 134 valence electrons. The average Bonchev–Trinajstić information content (AvgIpc) is 2.53. The molecule has 0 aliphatic rings. The molecule has 0 aliphatic heterocycles. The Morgan fingerprint density at radius 2 is 1.92 bits per heavy atom. The van der Waals surface area contributed by atoms with Crippen LogP contribution in [0.2, 0.25) is 0 Å². The minimum atomic E-state index is -0.882. The Balaban J connectivity index is 2.84. The topological polar surface area (TPSA) is 73.9 Å². The van der Waals surface area contributed by atoms with Crippen LogP contribution in [0.5, 0.6) is 11.5 Å². The maximum atomic E-state index is 12.3. The highest BCUT2D eigenvalue weighted by Crippen LogP contribution is 2.36. The molecular formula is C17H24BrNO5. The zero-order valence-corrected chi connectivity index (χ0v) is 16.2. The molecule has 24 heavy (non-hydrogen) atoms. The largest absolute Gasteiger partial charge is 0.493 e. The van der Waals surface area contributed by atoms with Crippen molar-refractivity contribution >= 4 is 27.8 Å². The maximum absolute atomic E-state index is 12.3. The van der Waals surface area contributed by atoms with Crippen molar-refractivity contribution in [1.29, 1.82) is 0 Å². The summed E-state index contributed by atoms with van der Waals surface area (Å²) in [4.78, 5) is 24.2. The Kier molecular flexibility index (Phi) is 8.04. The smallest absolute Gasteiger partial charge is 0.339 e. The van der Waals surface area contributed by atoms with Crippen LogP contribution in [0.3, 0.4) is 0 Å². The number of nitrogens with one attached hydrogen (secondary N) is 1. The molecule has 0 saturated heterocycles. The van der Waals surface area contributed by atoms with Crippen molar-refractivity contribution in [2.45, 2.75) is 33.8 Å². The number of rotatable bonds is 8. The van der Waals surface area contributed by atoms with Gasteiger partial charge < -0.3 is 19.5 Å². The van der Waals surface area contributed by atoms with E-state index < -0.39 is 12.1 Å². The van der Waals surface area contributed by atoms with Gasteiger partial charge in [-0.15, -0.1) is 0 Å². The lowest BCUT2D eigenvalue weighted by molar-refractivity contribution is -0.129. The second-order valence-electron chi connectivity index (χ2n) is 5.61. The van der Waals surface area contributed by atoms with Crippen LogP contribution in [0.4, 0.5) is 0 Å². The molecule has 0 heterocycles. The van der Waals surface area contributed by atoms with Gasteiger partial charge in [-0.1, -0.05) is 13.8 Å². The molecule has 0 bridgehead atoms. The van der Waals surface area contributed by atoms with Crippen molar-refractivity contribution in [2.75, 3.05) is 20.3 Å². The van der Waals surface area contributed by atoms with Crippen molar-refractivity contribution in [3.05, 3.63) is 22.2 Å². The molecular weight excluding hydrogens is 378 g/mol. The van der Waals surface area contributed by atoms with Gasteiger partial charge in [-0.05, 0) is 47.8 Å². The fourth-order valence-corrected chi connectivity index (χ4v) is 2.41. The molecule has 1 amide bonds. The SMILES string of the molecule is CCOc1c(Br)cc(C(=O)OC(C)C(=O)NCC(C)C)cc1OC. The summed E-state index contributed by atoms with van der Waals surface area (Å²) >= 11 is 3.35. The fourth-order valence-electron chi connectivity index (χ4n) is 1.85. The average molecular weight is 402 g/mol. The molecule has 0 radical (unpaired) electrons. The van der Waals surface area contributed by atoms with Crippen LogP contribution >= 0.6 is 15.9 Å². The molecule has 1 aromatic carbocycles. The molecule has 1 rings (SSSR count). The predicted octanol–water partition coefficient (Wildman–Crippen LogP) is 3.17. The normalized spacial score (nSPS) is 11.8. The highest BCUT2D eigenvalue weighted by Gasteiger charge is 2.21. The predicted molar refractivity (Wildman–Crippen MR) is 94.6 cm³/mol. The first-order chi connectivity index (χ1) is 11.3. The van der Waals surface area contributed by atoms with Crippen molar-refractivity contribution in [1.82, 2.24) is 5.32 Å². The van der Waals surface area contributed by atoms with Gasteiger partial charge in [0.25, 0.3) is 5.91 Å². The standard InChI is InChI=1S/C17H24BrNO5/c1-6-23-15-13(18)7-12(8-14(15)22-5)17(21)24-11(4)16(20)19-9-10(2)3/h7-8,10-11H,6,9H2,1-5H3,(H,19,20). The van der Waals surface area contributed by atoms with E-state index in [4.69, 9.17) is 14.2 Å². The Morgan fingerprint density at radius 3 is 2.46 bits per heavy atom. The van der Waals surface area contributed by atoms with Crippen molar-refractivity contribution in [3.8, 4) is 11.5 Å². The number of benzene rings is 1. The van der Waals surface area contributed by atoms with E-state index in [1.807, 2.05) is 20.8 Å². The molecule has 0 saturated carbocycles. The Morgan fingerprint density at radius 1 is 1.25 bits per heavy atom. The summed E-state index contributed by atoms with van der Waals surface area (Å²) < 4.78 is 16.5. The van der Waals surface area contributed by atoms with Gasteiger partial charge >= 0.3 is 5.97 Å². The number of methoxy groups -OCH3 is 1. The first-order valence-electron chi connectivity index (χ1n) is 7.79. The minimum absolute atomic E-state index is 0.269. The van der Waals surface area contributed by atoms with E-state index in [9.17, 15) is 9.59 Å². The third-order valence-electron chi connectivity index (χ3n) is 3.09. The first-order valence-corrected chi connectivity index (χ1v) is 8.58. The van der Waals surface area contributed by atoms with E-state index in [0.29, 0.717) is 35.0 Å². The van der Waals surface area contributed by atoms with Crippen LogP contribution in [0.15, 0.2) is 16.6 Å². The molecule has 1 N–H and O–H groups in total. The molecule has 1 aromatic rings. The summed E-state index contributed by atoms with van der Waals surface area (Å²) in [6, 6.07) is 3.10. The zero-order valence-electron chi connectivity index (χ0n) is 14.6. The molecule has 0 aliphatic carbocycles. The van der Waals surface area contributed by atoms with E-state index in [1.165, 1.54) is 20.1 Å². The summed E-state index contributed by atoms with van der Waals surface area (Å²) in [5.41, 5.74) is 0.269. The van der Waals surface area contributed by atoms with Crippen molar-refractivity contribution in [3.63, 3.8) is 0 Å². The highest BCUT2D eigenvalue weighted by atomic mass is 79.9. The van der Waals surface area contributed by atoms with Gasteiger partial charge in [-0.2, -0.15) is 0 Å². The summed E-state index contributed by atoms with van der Waals surface area (Å²) in [6.45, 7) is 8.36. The highest BCUT2D eigenvalue weighted by molar-refractivity contribution is 9.10. The number of hydrogen-bond donors (Lipinski definition) is 1. The second-order valence-corrected chi connectivity index (χ2v) is 6.46. The van der Waals surface area contributed by atoms with Gasteiger partial charge in [0, 0.05) is 6.54 Å². The molecule has 7 heteroatoms. The van der Waals surface area contributed by atoms with Gasteiger partial charge in [-0.3, -0.25) is 4.79 Å². The molecule has 0 spiro atoms. The quantitative estimate of drug-likeness (QED) is 0.677. The van der Waals surface area contributed by atoms with Gasteiger partial charge in [0.1, 0.15) is 0 Å². The number of amides is 1. The maximum Gasteiger partial charge on any atom is 0.339 e. The van der Waals surface area contributed by atoms with E-state index in [1.54, 1.807) is 6.07 Å². The van der Waals surface area contributed by atoms with E-state index in [-0.39, 0.29) is 11.5 Å². The summed E-state index contributed by atoms with van der Waals surface area (Å²) in [6.07, 6.45) is -0.882. The summed E-state index contributed by atoms with van der Waals surface area (Å²) in [5.74, 6) is 0.316. The molecule has 0 fully saturated rings. The lowest BCUT2D eigenvalue weighted by Crippen LogP contribution is -2.37. The number of halogens is 1. The van der Waals surface area contributed by atoms with Gasteiger partial charge in [-0.25, -0.2) is 4.79 Å². The molecule has 0 aromatic heterocycles. The lowest BCUT2D eigenvalue weighted by atomic mass is 10.2. The van der Waals surface area contributed by atoms with Crippen LogP contribution in [0.25, 0.3) is 0 Å². The van der Waals surface area contributed by atoms with Crippen molar-refractivity contribution < 1.29 is 23.8 Å². The third-order valence-corrected chi connectivity index (χ3v) is 3.68. The molecule has 1 atom stereocenters. The molecule has 6 nitrogen and oxygen atoms in total. The van der Waals surface area contributed by atoms with Gasteiger partial charge in [0.15, 0.2) is 17.6 Å². The monoisotopic (exact) mass is 401 g/mol. The Bertz CT molecular complexity index is 589. The number of hydrogen-bond acceptors (Lipinski definition) is 5. The number of carbonyl (C=O) groups excluding carboxylic acids is 2. The second kappa shape index (κ2) is 9.52. The fraction of sp³-hybridized carbons (Fsp3) is 0.529. The summed E-state index contributed by atoms with van der Waals surface area (Å²) in [5, 5.41) is 2.73. The molecule has 1 unspecified atom stereocenters. The van der Waals surface area contributed by atoms with E-state index >= 15 is 0 Å². The Labute approximate surface area is 151 Å². The number of carbonyl (C=O) groups is 2. The Hall–Kier alpha value is -1.76. The third kappa shape index (κ3) is 5.70. The van der Waals surface area contributed by atoms with Crippen LogP contribution in [0, 0.1) is 5.92 Å². The number of esters is 1. The van der Waals surface area contributed by atoms with E-state index in [2.05, 4.69) is 21.2 Å². The number of ether oxygens (including phenoxy) is 3. The van der Waals surface area contributed by atoms with Crippen molar-refractivity contribution in [2.24, 2.45) is 5.92 Å². The van der Waals surface area contributed by atoms with Crippen LogP contribution in [-0.4, -0.2) is 38.2 Å². The minimum Gasteiger partial charge on any atom is -0.493 e. The zero-order chi connectivity index (χ0) is 18.3. The van der Waals surface area contributed by atoms with Crippen LogP contribution in [-0.2, 0) is 9.53 Å². The lowest BCUT2D eigenvalue weighted by Gasteiger charge is -2.16. The summed E-state index contributed by atoms with van der Waals surface area (Å²) in [7, 11) is 1.49. The first kappa shape index (κ1) is 20.3. The van der Waals surface area contributed by atoms with Gasteiger partial charge in [0.05, 0.1) is 23.8 Å².